The van der Waals surface area contributed by atoms with Crippen LogP contribution in [0.25, 0.3) is 22.1 Å². The number of rotatable bonds is 6. The van der Waals surface area contributed by atoms with Crippen molar-refractivity contribution in [3.05, 3.63) is 90.0 Å². The summed E-state index contributed by atoms with van der Waals surface area (Å²) in [4.78, 5) is 15.5. The van der Waals surface area contributed by atoms with Crippen molar-refractivity contribution >= 4 is 28.0 Å². The van der Waals surface area contributed by atoms with Crippen molar-refractivity contribution < 1.29 is 9.87 Å². The second-order valence-electron chi connectivity index (χ2n) is 9.03. The average molecular weight is 473 g/mol. The second-order valence-corrected chi connectivity index (χ2v) is 9.03. The van der Waals surface area contributed by atoms with E-state index < -0.39 is 0 Å². The summed E-state index contributed by atoms with van der Waals surface area (Å²) in [7, 11) is 0. The van der Waals surface area contributed by atoms with Crippen LogP contribution in [0.4, 0.5) is 10.3 Å². The summed E-state index contributed by atoms with van der Waals surface area (Å²) in [6, 6.07) is 23.4. The number of fused-ring (bicyclic) bond motifs is 2. The van der Waals surface area contributed by atoms with Crippen molar-refractivity contribution in [3.8, 4) is 0 Å². The fourth-order valence-electron chi connectivity index (χ4n) is 4.83. The highest BCUT2D eigenvalue weighted by Crippen LogP contribution is 2.24. The van der Waals surface area contributed by atoms with Crippen LogP contribution >= 0.6 is 0 Å². The Morgan fingerprint density at radius 3 is 2.34 bits per heavy atom. The molecule has 0 bridgehead atoms. The standard InChI is InChI=1S/C27H27FN6.H2O/c28-20-11-9-19(10-12-20)17-34-25-8-4-3-7-24(25)32-27(34)29-21-13-15-33(16-14-21)18-26-30-22-5-1-2-6-23(22)31-26;/h1-12,21H,13-18H2,(H,29,32)(H,30,31);1H2. The molecule has 7 nitrogen and oxygen atoms in total. The van der Waals surface area contributed by atoms with Crippen LogP contribution in [0.15, 0.2) is 72.8 Å². The van der Waals surface area contributed by atoms with Gasteiger partial charge in [0.1, 0.15) is 11.6 Å². The van der Waals surface area contributed by atoms with Gasteiger partial charge in [0.05, 0.1) is 35.2 Å². The Kier molecular flexibility index (Phi) is 6.48. The van der Waals surface area contributed by atoms with Crippen LogP contribution in [-0.2, 0) is 13.1 Å². The molecule has 35 heavy (non-hydrogen) atoms. The Hall–Kier alpha value is -3.75. The van der Waals surface area contributed by atoms with Crippen molar-refractivity contribution in [1.82, 2.24) is 24.4 Å². The summed E-state index contributed by atoms with van der Waals surface area (Å²) < 4.78 is 15.6. The minimum atomic E-state index is -0.216. The predicted octanol–water partition coefficient (Wildman–Crippen LogP) is 4.35. The molecule has 3 heterocycles. The van der Waals surface area contributed by atoms with E-state index in [9.17, 15) is 4.39 Å². The Morgan fingerprint density at radius 1 is 0.857 bits per heavy atom. The van der Waals surface area contributed by atoms with Gasteiger partial charge in [-0.05, 0) is 54.8 Å². The third-order valence-electron chi connectivity index (χ3n) is 6.64. The zero-order valence-electron chi connectivity index (χ0n) is 19.4. The number of hydrogen-bond acceptors (Lipinski definition) is 4. The van der Waals surface area contributed by atoms with Crippen LogP contribution in [-0.4, -0.2) is 49.0 Å². The second kappa shape index (κ2) is 9.85. The smallest absolute Gasteiger partial charge is 0.204 e. The molecule has 6 rings (SSSR count). The molecule has 1 aliphatic rings. The summed E-state index contributed by atoms with van der Waals surface area (Å²) in [5.74, 6) is 1.68. The molecule has 0 spiro atoms. The fourth-order valence-corrected chi connectivity index (χ4v) is 4.83. The highest BCUT2D eigenvalue weighted by molar-refractivity contribution is 5.79. The van der Waals surface area contributed by atoms with Gasteiger partial charge in [-0.25, -0.2) is 14.4 Å². The highest BCUT2D eigenvalue weighted by Gasteiger charge is 2.22. The van der Waals surface area contributed by atoms with Gasteiger partial charge in [0.2, 0.25) is 5.95 Å². The SMILES string of the molecule is Fc1ccc(Cn2c(NC3CCN(Cc4nc5ccccc5[nH]4)CC3)nc3ccccc32)cc1.O. The number of benzene rings is 3. The lowest BCUT2D eigenvalue weighted by atomic mass is 10.1. The molecule has 1 fully saturated rings. The lowest BCUT2D eigenvalue weighted by Crippen LogP contribution is -2.39. The highest BCUT2D eigenvalue weighted by atomic mass is 19.1. The monoisotopic (exact) mass is 472 g/mol. The first-order valence-corrected chi connectivity index (χ1v) is 11.8. The zero-order valence-corrected chi connectivity index (χ0v) is 19.4. The number of hydrogen-bond donors (Lipinski definition) is 2. The minimum Gasteiger partial charge on any atom is -0.412 e. The van der Waals surface area contributed by atoms with Crippen molar-refractivity contribution in [1.29, 1.82) is 0 Å². The number of para-hydroxylation sites is 4. The van der Waals surface area contributed by atoms with Gasteiger partial charge >= 0.3 is 0 Å². The van der Waals surface area contributed by atoms with Gasteiger partial charge in [0, 0.05) is 19.1 Å². The first-order chi connectivity index (χ1) is 16.7. The fraction of sp³-hybridized carbons (Fsp3) is 0.259. The van der Waals surface area contributed by atoms with E-state index in [0.717, 1.165) is 71.9 Å². The molecule has 0 atom stereocenters. The maximum absolute atomic E-state index is 13.4. The topological polar surface area (TPSA) is 93.3 Å². The Bertz CT molecular complexity index is 1390. The molecule has 1 aliphatic heterocycles. The van der Waals surface area contributed by atoms with Gasteiger partial charge in [-0.1, -0.05) is 36.4 Å². The molecule has 4 N–H and O–H groups in total. The number of aromatic nitrogens is 4. The maximum atomic E-state index is 13.4. The third-order valence-corrected chi connectivity index (χ3v) is 6.64. The van der Waals surface area contributed by atoms with E-state index in [1.807, 2.05) is 48.5 Å². The van der Waals surface area contributed by atoms with Crippen molar-refractivity contribution in [2.75, 3.05) is 18.4 Å². The first kappa shape index (κ1) is 23.0. The van der Waals surface area contributed by atoms with E-state index in [4.69, 9.17) is 9.97 Å². The van der Waals surface area contributed by atoms with E-state index in [1.165, 1.54) is 12.1 Å². The Balaban J connectivity index is 0.00000253. The lowest BCUT2D eigenvalue weighted by molar-refractivity contribution is 0.207. The number of piperidine rings is 1. The van der Waals surface area contributed by atoms with E-state index in [-0.39, 0.29) is 11.3 Å². The number of likely N-dealkylation sites (tertiary alicyclic amines) is 1. The van der Waals surface area contributed by atoms with Crippen LogP contribution in [0.5, 0.6) is 0 Å². The van der Waals surface area contributed by atoms with Crippen molar-refractivity contribution in [2.45, 2.75) is 32.0 Å². The molecule has 3 aromatic carbocycles. The molecule has 0 saturated carbocycles. The molecule has 8 heteroatoms. The molecule has 0 amide bonds. The largest absolute Gasteiger partial charge is 0.412 e. The van der Waals surface area contributed by atoms with E-state index in [2.05, 4.69) is 31.9 Å². The molecular weight excluding hydrogens is 443 g/mol. The van der Waals surface area contributed by atoms with Crippen LogP contribution in [0.1, 0.15) is 24.2 Å². The molecule has 180 valence electrons. The van der Waals surface area contributed by atoms with Gasteiger partial charge in [-0.3, -0.25) is 4.90 Å². The summed E-state index contributed by atoms with van der Waals surface area (Å²) >= 11 is 0. The number of aromatic amines is 1. The van der Waals surface area contributed by atoms with E-state index in [0.29, 0.717) is 12.6 Å². The van der Waals surface area contributed by atoms with Gasteiger partial charge in [0.15, 0.2) is 0 Å². The summed E-state index contributed by atoms with van der Waals surface area (Å²) in [5.41, 5.74) is 5.21. The van der Waals surface area contributed by atoms with Gasteiger partial charge in [0.25, 0.3) is 0 Å². The molecule has 0 radical (unpaired) electrons. The van der Waals surface area contributed by atoms with E-state index in [1.54, 1.807) is 0 Å². The third kappa shape index (κ3) is 4.89. The molecule has 2 aromatic heterocycles. The van der Waals surface area contributed by atoms with Crippen LogP contribution < -0.4 is 5.32 Å². The van der Waals surface area contributed by atoms with Crippen molar-refractivity contribution in [2.24, 2.45) is 0 Å². The van der Waals surface area contributed by atoms with Gasteiger partial charge in [-0.15, -0.1) is 0 Å². The lowest BCUT2D eigenvalue weighted by Gasteiger charge is -2.32. The molecule has 0 aliphatic carbocycles. The van der Waals surface area contributed by atoms with Gasteiger partial charge < -0.3 is 20.3 Å². The quantitative estimate of drug-likeness (QED) is 0.384. The maximum Gasteiger partial charge on any atom is 0.204 e. The van der Waals surface area contributed by atoms with Crippen molar-refractivity contribution in [3.63, 3.8) is 0 Å². The number of H-pyrrole nitrogens is 1. The molecule has 1 saturated heterocycles. The first-order valence-electron chi connectivity index (χ1n) is 11.8. The molecule has 0 unspecified atom stereocenters. The number of imidazole rings is 2. The summed E-state index contributed by atoms with van der Waals surface area (Å²) in [6.07, 6.45) is 2.08. The van der Waals surface area contributed by atoms with E-state index >= 15 is 0 Å². The number of halogens is 1. The summed E-state index contributed by atoms with van der Waals surface area (Å²) in [6.45, 7) is 3.50. The Morgan fingerprint density at radius 2 is 1.57 bits per heavy atom. The Labute approximate surface area is 202 Å². The van der Waals surface area contributed by atoms with Crippen LogP contribution in [0.2, 0.25) is 0 Å². The van der Waals surface area contributed by atoms with Crippen LogP contribution in [0.3, 0.4) is 0 Å². The number of anilines is 1. The number of nitrogens with one attached hydrogen (secondary N) is 2. The number of nitrogens with zero attached hydrogens (tertiary/aromatic N) is 4. The van der Waals surface area contributed by atoms with Crippen LogP contribution in [0, 0.1) is 5.82 Å². The zero-order chi connectivity index (χ0) is 22.9. The predicted molar refractivity (Wildman–Crippen MR) is 137 cm³/mol. The molecular formula is C27H29FN6O. The average Bonchev–Trinajstić information content (AvgIpc) is 3.42. The normalized spacial score (nSPS) is 14.9. The molecule has 5 aromatic rings. The minimum absolute atomic E-state index is 0. The van der Waals surface area contributed by atoms with Gasteiger partial charge in [-0.2, -0.15) is 0 Å². The summed E-state index contributed by atoms with van der Waals surface area (Å²) in [5, 5.41) is 3.70.